The molecule has 19 nitrogen and oxygen atoms in total. The number of ether oxygens (including phenoxy) is 5. The van der Waals surface area contributed by atoms with Crippen LogP contribution in [0.2, 0.25) is 0 Å². The first-order valence-corrected chi connectivity index (χ1v) is 12.7. The van der Waals surface area contributed by atoms with E-state index in [9.17, 15) is 44.2 Å². The van der Waals surface area contributed by atoms with E-state index in [4.69, 9.17) is 14.2 Å². The molecule has 19 heteroatoms. The number of hydrogen-bond acceptors (Lipinski definition) is 16. The first-order chi connectivity index (χ1) is 20.5. The molecule has 0 saturated heterocycles. The molecule has 1 rings (SSSR count). The van der Waals surface area contributed by atoms with Crippen molar-refractivity contribution in [2.75, 3.05) is 51.6 Å². The summed E-state index contributed by atoms with van der Waals surface area (Å²) in [5, 5.41) is 20.4. The van der Waals surface area contributed by atoms with Crippen LogP contribution < -0.4 is 10.1 Å². The summed E-state index contributed by atoms with van der Waals surface area (Å²) < 4.78 is 24.3. The molecule has 43 heavy (non-hydrogen) atoms. The quantitative estimate of drug-likeness (QED) is 0.0448. The number of benzene rings is 1. The van der Waals surface area contributed by atoms with Crippen molar-refractivity contribution in [3.05, 3.63) is 44.5 Å². The van der Waals surface area contributed by atoms with E-state index in [0.29, 0.717) is 45.3 Å². The Morgan fingerprint density at radius 1 is 0.628 bits per heavy atom. The van der Waals surface area contributed by atoms with Crippen molar-refractivity contribution in [2.45, 2.75) is 38.5 Å². The second-order valence-electron chi connectivity index (χ2n) is 8.21. The molecule has 0 aliphatic carbocycles. The summed E-state index contributed by atoms with van der Waals surface area (Å²) in [6.07, 6.45) is 3.05. The first-order valence-electron chi connectivity index (χ1n) is 12.7. The maximum absolute atomic E-state index is 11.8. The molecule has 0 bridgehead atoms. The Morgan fingerprint density at radius 3 is 1.77 bits per heavy atom. The lowest BCUT2D eigenvalue weighted by Crippen LogP contribution is -2.24. The Bertz CT molecular complexity index is 1080. The molecule has 0 radical (unpaired) electrons. The average molecular weight is 618 g/mol. The minimum atomic E-state index is -1.11. The maximum Gasteiger partial charge on any atom is 0.349 e. The van der Waals surface area contributed by atoms with Gasteiger partial charge in [-0.15, -0.1) is 20.2 Å². The number of carbonyl (C=O) groups excluding carboxylic acids is 5. The van der Waals surface area contributed by atoms with Crippen molar-refractivity contribution in [1.82, 2.24) is 0 Å². The zero-order valence-electron chi connectivity index (χ0n) is 22.9. The van der Waals surface area contributed by atoms with Crippen LogP contribution in [0.1, 0.15) is 38.5 Å². The van der Waals surface area contributed by atoms with E-state index in [1.165, 1.54) is 24.3 Å². The van der Waals surface area contributed by atoms with Crippen LogP contribution in [-0.2, 0) is 52.6 Å². The predicted molar refractivity (Wildman–Crippen MR) is 138 cm³/mol. The molecule has 1 amide bonds. The monoisotopic (exact) mass is 617 g/mol. The number of esters is 4. The van der Waals surface area contributed by atoms with Crippen molar-refractivity contribution >= 4 is 35.5 Å². The van der Waals surface area contributed by atoms with Gasteiger partial charge in [-0.05, 0) is 49.9 Å². The van der Waals surface area contributed by atoms with Gasteiger partial charge in [0, 0.05) is 25.3 Å². The third-order valence-corrected chi connectivity index (χ3v) is 4.77. The molecule has 0 unspecified atom stereocenters. The minimum absolute atomic E-state index is 0.0208. The molecule has 0 aromatic heterocycles. The second-order valence-corrected chi connectivity index (χ2v) is 8.21. The zero-order valence-corrected chi connectivity index (χ0v) is 22.9. The van der Waals surface area contributed by atoms with E-state index in [2.05, 4.69) is 24.5 Å². The van der Waals surface area contributed by atoms with Crippen molar-refractivity contribution in [3.8, 4) is 5.75 Å². The van der Waals surface area contributed by atoms with Gasteiger partial charge >= 0.3 is 23.9 Å². The fourth-order valence-corrected chi connectivity index (χ4v) is 2.85. The fraction of sp³-hybridized carbons (Fsp3) is 0.542. The topological polar surface area (TPSA) is 248 Å². The van der Waals surface area contributed by atoms with Gasteiger partial charge in [0.25, 0.3) is 10.2 Å². The summed E-state index contributed by atoms with van der Waals surface area (Å²) in [7, 11) is 0. The SMILES string of the molecule is O=C(CO[N+](=O)[O-])Nc1ccc(OC(=O)COC(=O)COC(=O)COC(=O)CCCCCOCCCCO[N+](=O)[O-])cc1. The third kappa shape index (κ3) is 20.5. The van der Waals surface area contributed by atoms with E-state index in [0.717, 1.165) is 0 Å². The molecule has 1 aromatic rings. The van der Waals surface area contributed by atoms with Crippen molar-refractivity contribution in [3.63, 3.8) is 0 Å². The number of anilines is 1. The van der Waals surface area contributed by atoms with Crippen LogP contribution in [0.15, 0.2) is 24.3 Å². The Balaban J connectivity index is 2.08. The Labute approximate surface area is 243 Å². The highest BCUT2D eigenvalue weighted by atomic mass is 17.0. The third-order valence-electron chi connectivity index (χ3n) is 4.77. The molecule has 0 fully saturated rings. The highest BCUT2D eigenvalue weighted by Crippen LogP contribution is 2.16. The summed E-state index contributed by atoms with van der Waals surface area (Å²) in [4.78, 5) is 86.5. The fourth-order valence-electron chi connectivity index (χ4n) is 2.85. The van der Waals surface area contributed by atoms with Gasteiger partial charge in [-0.3, -0.25) is 9.59 Å². The largest absolute Gasteiger partial charge is 0.454 e. The number of nitrogens with zero attached hydrogens (tertiary/aromatic N) is 2. The summed E-state index contributed by atoms with van der Waals surface area (Å²) in [6, 6.07) is 5.28. The zero-order chi connectivity index (χ0) is 31.9. The lowest BCUT2D eigenvalue weighted by molar-refractivity contribution is -0.757. The minimum Gasteiger partial charge on any atom is -0.454 e. The predicted octanol–water partition coefficient (Wildman–Crippen LogP) is 0.934. The van der Waals surface area contributed by atoms with Crippen molar-refractivity contribution < 1.29 is 67.5 Å². The van der Waals surface area contributed by atoms with Gasteiger partial charge in [-0.1, -0.05) is 6.42 Å². The maximum atomic E-state index is 11.8. The summed E-state index contributed by atoms with van der Waals surface area (Å²) >= 11 is 0. The Morgan fingerprint density at radius 2 is 1.16 bits per heavy atom. The number of hydrogen-bond donors (Lipinski definition) is 1. The van der Waals surface area contributed by atoms with Gasteiger partial charge in [-0.2, -0.15) is 0 Å². The standard InChI is InChI=1S/C24H31N3O16/c28-20(14-42-27(35)36)25-18-7-9-19(10-8-18)43-24(32)17-40-23(31)16-39-22(30)15-38-21(29)6-2-1-3-11-37-12-4-5-13-41-26(33)34/h7-10H,1-6,11-17H2,(H,25,28). The van der Waals surface area contributed by atoms with Gasteiger partial charge in [-0.25, -0.2) is 14.4 Å². The molecule has 1 N–H and O–H groups in total. The molecule has 0 spiro atoms. The number of unbranched alkanes of at least 4 members (excludes halogenated alkanes) is 3. The normalized spacial score (nSPS) is 10.1. The molecular formula is C24H31N3O16. The summed E-state index contributed by atoms with van der Waals surface area (Å²) in [5.74, 6) is -4.39. The van der Waals surface area contributed by atoms with Crippen LogP contribution >= 0.6 is 0 Å². The van der Waals surface area contributed by atoms with Crippen molar-refractivity contribution in [2.24, 2.45) is 0 Å². The van der Waals surface area contributed by atoms with E-state index in [1.807, 2.05) is 0 Å². The second kappa shape index (κ2) is 21.6. The van der Waals surface area contributed by atoms with Crippen LogP contribution in [0.25, 0.3) is 0 Å². The smallest absolute Gasteiger partial charge is 0.349 e. The molecule has 0 heterocycles. The van der Waals surface area contributed by atoms with E-state index >= 15 is 0 Å². The van der Waals surface area contributed by atoms with E-state index in [1.54, 1.807) is 0 Å². The number of amides is 1. The highest BCUT2D eigenvalue weighted by Gasteiger charge is 2.14. The number of carbonyl (C=O) groups is 5. The van der Waals surface area contributed by atoms with Crippen molar-refractivity contribution in [1.29, 1.82) is 0 Å². The van der Waals surface area contributed by atoms with Crippen LogP contribution in [-0.4, -0.2) is 86.2 Å². The van der Waals surface area contributed by atoms with E-state index in [-0.39, 0.29) is 24.5 Å². The Kier molecular flexibility index (Phi) is 18.1. The molecule has 238 valence electrons. The Hall–Kier alpha value is -5.07. The van der Waals surface area contributed by atoms with Crippen LogP contribution in [0.3, 0.4) is 0 Å². The molecule has 0 saturated carbocycles. The average Bonchev–Trinajstić information content (AvgIpc) is 2.96. The van der Waals surface area contributed by atoms with Crippen LogP contribution in [0.5, 0.6) is 5.75 Å². The molecule has 0 atom stereocenters. The molecule has 0 aliphatic rings. The van der Waals surface area contributed by atoms with Gasteiger partial charge < -0.3 is 38.7 Å². The number of rotatable bonds is 23. The van der Waals surface area contributed by atoms with Gasteiger partial charge in [0.05, 0.1) is 6.61 Å². The van der Waals surface area contributed by atoms with Gasteiger partial charge in [0.2, 0.25) is 5.91 Å². The molecular weight excluding hydrogens is 586 g/mol. The number of nitrogens with one attached hydrogen (secondary N) is 1. The van der Waals surface area contributed by atoms with Gasteiger partial charge in [0.1, 0.15) is 5.75 Å². The first kappa shape index (κ1) is 36.0. The van der Waals surface area contributed by atoms with Crippen LogP contribution in [0.4, 0.5) is 5.69 Å². The molecule has 1 aromatic carbocycles. The van der Waals surface area contributed by atoms with Gasteiger partial charge in [0.15, 0.2) is 26.4 Å². The highest BCUT2D eigenvalue weighted by molar-refractivity contribution is 5.91. The van der Waals surface area contributed by atoms with E-state index < -0.39 is 66.4 Å². The lowest BCUT2D eigenvalue weighted by Gasteiger charge is -2.08. The lowest BCUT2D eigenvalue weighted by atomic mass is 10.2. The van der Waals surface area contributed by atoms with Crippen LogP contribution in [0, 0.1) is 20.2 Å². The summed E-state index contributed by atoms with van der Waals surface area (Å²) in [5.41, 5.74) is 0.242. The molecule has 0 aliphatic heterocycles. The summed E-state index contributed by atoms with van der Waals surface area (Å²) in [6.45, 7) is -2.22.